The Kier molecular flexibility index (Phi) is 6.93. The number of carbonyl (C=O) groups excluding carboxylic acids is 1. The fraction of sp³-hybridized carbons (Fsp3) is 0.240. The molecule has 0 spiro atoms. The topological polar surface area (TPSA) is 64.3 Å². The van der Waals surface area contributed by atoms with Gasteiger partial charge in [0.25, 0.3) is 14.2 Å². The van der Waals surface area contributed by atoms with Crippen LogP contribution in [0.2, 0.25) is 28.2 Å². The summed E-state index contributed by atoms with van der Waals surface area (Å²) in [6, 6.07) is 18.0. The zero-order chi connectivity index (χ0) is 23.7. The Balaban J connectivity index is 1.73. The molecule has 0 fully saturated rings. The summed E-state index contributed by atoms with van der Waals surface area (Å²) < 4.78 is 6.30. The summed E-state index contributed by atoms with van der Waals surface area (Å²) in [7, 11) is -2.01. The number of carbonyl (C=O) groups is 1. The minimum atomic E-state index is -2.01. The molecular weight excluding hydrogens is 459 g/mol. The van der Waals surface area contributed by atoms with E-state index in [1.165, 1.54) is 0 Å². The van der Waals surface area contributed by atoms with Crippen LogP contribution in [-0.2, 0) is 0 Å². The summed E-state index contributed by atoms with van der Waals surface area (Å²) in [6.45, 7) is 10.9. The second kappa shape index (κ2) is 9.18. The maximum Gasteiger partial charge on any atom is 0.255 e. The maximum atomic E-state index is 12.7. The van der Waals surface area contributed by atoms with E-state index < -0.39 is 8.32 Å². The van der Waals surface area contributed by atoms with Crippen molar-refractivity contribution >= 4 is 48.8 Å². The third-order valence-corrected chi connectivity index (χ3v) is 11.0. The Morgan fingerprint density at radius 2 is 1.66 bits per heavy atom. The minimum absolute atomic E-state index is 0.0633. The van der Waals surface area contributed by atoms with Gasteiger partial charge in [-0.1, -0.05) is 68.2 Å². The van der Waals surface area contributed by atoms with Gasteiger partial charge in [0.2, 0.25) is 0 Å². The molecule has 3 aromatic carbocycles. The highest BCUT2D eigenvalue weighted by molar-refractivity contribution is 6.74. The highest BCUT2D eigenvalue weighted by Crippen LogP contribution is 2.39. The Bertz CT molecular complexity index is 1140. The molecule has 7 heteroatoms. The van der Waals surface area contributed by atoms with Gasteiger partial charge in [0.1, 0.15) is 5.75 Å². The largest absolute Gasteiger partial charge is 0.542 e. The van der Waals surface area contributed by atoms with Crippen LogP contribution in [0.3, 0.4) is 0 Å². The number of hydrogen-bond acceptors (Lipinski definition) is 3. The average Bonchev–Trinajstić information content (AvgIpc) is 2.71. The van der Waals surface area contributed by atoms with Crippen LogP contribution in [0.4, 0.5) is 11.4 Å². The fourth-order valence-corrected chi connectivity index (χ4v) is 4.33. The van der Waals surface area contributed by atoms with Crippen molar-refractivity contribution in [3.63, 3.8) is 0 Å². The van der Waals surface area contributed by atoms with Gasteiger partial charge in [-0.3, -0.25) is 4.79 Å². The van der Waals surface area contributed by atoms with Crippen molar-refractivity contribution in [2.45, 2.75) is 38.9 Å². The molecule has 0 bridgehead atoms. The van der Waals surface area contributed by atoms with Gasteiger partial charge < -0.3 is 15.5 Å². The highest BCUT2D eigenvalue weighted by atomic mass is 35.5. The minimum Gasteiger partial charge on any atom is -0.542 e. The average molecular weight is 488 g/mol. The highest BCUT2D eigenvalue weighted by Gasteiger charge is 2.39. The number of benzene rings is 3. The second-order valence-corrected chi connectivity index (χ2v) is 14.8. The maximum absolute atomic E-state index is 12.7. The summed E-state index contributed by atoms with van der Waals surface area (Å²) in [5, 5.41) is 3.93. The van der Waals surface area contributed by atoms with Crippen LogP contribution >= 0.6 is 23.2 Å². The lowest BCUT2D eigenvalue weighted by Gasteiger charge is -2.36. The van der Waals surface area contributed by atoms with E-state index in [1.54, 1.807) is 30.3 Å². The Morgan fingerprint density at radius 3 is 2.25 bits per heavy atom. The third kappa shape index (κ3) is 5.29. The van der Waals surface area contributed by atoms with Crippen molar-refractivity contribution < 1.29 is 9.22 Å². The second-order valence-electron chi connectivity index (χ2n) is 9.25. The SMILES string of the molecule is CC(C)(C)[Si](C)(C)Oc1ccc(NC(=O)c2ccc(-c3cccc(Cl)c3Cl)cc2)cc1N. The molecule has 0 radical (unpaired) electrons. The molecule has 3 N–H and O–H groups in total. The molecule has 0 aliphatic carbocycles. The summed E-state index contributed by atoms with van der Waals surface area (Å²) >= 11 is 12.4. The van der Waals surface area contributed by atoms with Crippen molar-refractivity contribution in [1.82, 2.24) is 0 Å². The molecule has 32 heavy (non-hydrogen) atoms. The number of rotatable bonds is 5. The number of amides is 1. The molecular formula is C25H28Cl2N2O2Si. The molecule has 0 aromatic heterocycles. The third-order valence-electron chi connectivity index (χ3n) is 5.85. The van der Waals surface area contributed by atoms with Crippen LogP contribution < -0.4 is 15.5 Å². The van der Waals surface area contributed by atoms with E-state index in [2.05, 4.69) is 39.2 Å². The van der Waals surface area contributed by atoms with Crippen LogP contribution in [-0.4, -0.2) is 14.2 Å². The quantitative estimate of drug-likeness (QED) is 0.284. The number of nitrogens with two attached hydrogens (primary N) is 1. The zero-order valence-corrected chi connectivity index (χ0v) is 21.4. The van der Waals surface area contributed by atoms with Gasteiger partial charge >= 0.3 is 0 Å². The first-order chi connectivity index (χ1) is 14.9. The van der Waals surface area contributed by atoms with E-state index in [1.807, 2.05) is 30.3 Å². The van der Waals surface area contributed by atoms with Gasteiger partial charge in [0.05, 0.1) is 15.7 Å². The van der Waals surface area contributed by atoms with Gasteiger partial charge in [-0.2, -0.15) is 0 Å². The van der Waals surface area contributed by atoms with E-state index in [0.717, 1.165) is 11.1 Å². The van der Waals surface area contributed by atoms with E-state index in [4.69, 9.17) is 33.4 Å². The standard InChI is InChI=1S/C25H28Cl2N2O2Si/c1-25(2,3)32(4,5)31-22-14-13-18(15-21(22)28)29-24(30)17-11-9-16(10-12-17)19-7-6-8-20(26)23(19)27/h6-15H,28H2,1-5H3,(H,29,30). The van der Waals surface area contributed by atoms with Gasteiger partial charge in [-0.15, -0.1) is 0 Å². The molecule has 0 atom stereocenters. The van der Waals surface area contributed by atoms with Crippen molar-refractivity contribution in [1.29, 1.82) is 0 Å². The molecule has 0 heterocycles. The lowest BCUT2D eigenvalue weighted by Crippen LogP contribution is -2.44. The first-order valence-electron chi connectivity index (χ1n) is 10.3. The normalized spacial score (nSPS) is 11.8. The van der Waals surface area contributed by atoms with Crippen molar-refractivity contribution in [2.75, 3.05) is 11.1 Å². The first kappa shape index (κ1) is 24.2. The first-order valence-corrected chi connectivity index (χ1v) is 14.0. The smallest absolute Gasteiger partial charge is 0.255 e. The summed E-state index contributed by atoms with van der Waals surface area (Å²) in [5.41, 5.74) is 9.54. The molecule has 3 rings (SSSR count). The molecule has 0 saturated carbocycles. The van der Waals surface area contributed by atoms with Crippen LogP contribution in [0.25, 0.3) is 11.1 Å². The van der Waals surface area contributed by atoms with Gasteiger partial charge in [-0.25, -0.2) is 0 Å². The van der Waals surface area contributed by atoms with Crippen molar-refractivity contribution in [3.8, 4) is 16.9 Å². The molecule has 0 saturated heterocycles. The molecule has 0 aliphatic rings. The number of anilines is 2. The number of nitrogen functional groups attached to an aromatic ring is 1. The number of hydrogen-bond donors (Lipinski definition) is 2. The Morgan fingerprint density at radius 1 is 1.00 bits per heavy atom. The van der Waals surface area contributed by atoms with Gasteiger partial charge in [0.15, 0.2) is 0 Å². The number of nitrogens with one attached hydrogen (secondary N) is 1. The molecule has 0 unspecified atom stereocenters. The van der Waals surface area contributed by atoms with Crippen molar-refractivity contribution in [3.05, 3.63) is 76.3 Å². The molecule has 3 aromatic rings. The van der Waals surface area contributed by atoms with Crippen LogP contribution in [0, 0.1) is 0 Å². The van der Waals surface area contributed by atoms with Gasteiger partial charge in [0, 0.05) is 16.8 Å². The van der Waals surface area contributed by atoms with Crippen LogP contribution in [0.5, 0.6) is 5.75 Å². The van der Waals surface area contributed by atoms with Crippen LogP contribution in [0.15, 0.2) is 60.7 Å². The summed E-state index contributed by atoms with van der Waals surface area (Å²) in [5.74, 6) is 0.420. The summed E-state index contributed by atoms with van der Waals surface area (Å²) in [4.78, 5) is 12.7. The van der Waals surface area contributed by atoms with E-state index >= 15 is 0 Å². The van der Waals surface area contributed by atoms with E-state index in [0.29, 0.717) is 32.7 Å². The molecule has 168 valence electrons. The van der Waals surface area contributed by atoms with E-state index in [-0.39, 0.29) is 10.9 Å². The molecule has 0 aliphatic heterocycles. The lowest BCUT2D eigenvalue weighted by molar-refractivity contribution is 0.102. The lowest BCUT2D eigenvalue weighted by atomic mass is 10.0. The van der Waals surface area contributed by atoms with Crippen molar-refractivity contribution in [2.24, 2.45) is 0 Å². The van der Waals surface area contributed by atoms with Crippen LogP contribution in [0.1, 0.15) is 31.1 Å². The number of halogens is 2. The summed E-state index contributed by atoms with van der Waals surface area (Å²) in [6.07, 6.45) is 0. The monoisotopic (exact) mass is 486 g/mol. The fourth-order valence-electron chi connectivity index (χ4n) is 2.88. The predicted molar refractivity (Wildman–Crippen MR) is 139 cm³/mol. The Hall–Kier alpha value is -2.47. The Labute approximate surface area is 200 Å². The van der Waals surface area contributed by atoms with Gasteiger partial charge in [-0.05, 0) is 60.1 Å². The molecule has 1 amide bonds. The predicted octanol–water partition coefficient (Wildman–Crippen LogP) is 7.88. The van der Waals surface area contributed by atoms with E-state index in [9.17, 15) is 4.79 Å². The zero-order valence-electron chi connectivity index (χ0n) is 18.9. The molecule has 4 nitrogen and oxygen atoms in total.